The predicted molar refractivity (Wildman–Crippen MR) is 110 cm³/mol. The van der Waals surface area contributed by atoms with Gasteiger partial charge in [-0.1, -0.05) is 11.6 Å². The zero-order valence-corrected chi connectivity index (χ0v) is 17.7. The van der Waals surface area contributed by atoms with Crippen molar-refractivity contribution < 1.29 is 9.53 Å². The topological polar surface area (TPSA) is 54.5 Å². The summed E-state index contributed by atoms with van der Waals surface area (Å²) in [5, 5.41) is 4.75. The Hall–Kier alpha value is -1.05. The molecule has 144 valence electrons. The highest BCUT2D eigenvalue weighted by atomic mass is 35.5. The number of aryl methyl sites for hydroxylation is 1. The third-order valence-corrected chi connectivity index (χ3v) is 5.48. The van der Waals surface area contributed by atoms with E-state index in [1.165, 1.54) is 11.3 Å². The minimum absolute atomic E-state index is 0. The lowest BCUT2D eigenvalue weighted by molar-refractivity contribution is 0.0747. The number of halogens is 3. The lowest BCUT2D eigenvalue weighted by Crippen LogP contribution is -2.38. The van der Waals surface area contributed by atoms with Gasteiger partial charge in [0.1, 0.15) is 22.2 Å². The lowest BCUT2D eigenvalue weighted by Gasteiger charge is -2.23. The number of rotatable bonds is 5. The molecular weight excluding hydrogens is 417 g/mol. The van der Waals surface area contributed by atoms with Crippen LogP contribution in [0.5, 0.6) is 5.75 Å². The molecule has 5 nitrogen and oxygen atoms in total. The third-order valence-electron chi connectivity index (χ3n) is 4.11. The molecule has 1 unspecified atom stereocenters. The Kier molecular flexibility index (Phi) is 9.13. The van der Waals surface area contributed by atoms with Crippen molar-refractivity contribution in [2.45, 2.75) is 26.0 Å². The average Bonchev–Trinajstić information content (AvgIpc) is 3.23. The Morgan fingerprint density at radius 3 is 2.69 bits per heavy atom. The molecule has 2 aromatic rings. The number of hydrogen-bond donors (Lipinski definition) is 1. The number of amides is 1. The molecule has 0 bridgehead atoms. The summed E-state index contributed by atoms with van der Waals surface area (Å²) in [5.74, 6) is 0.769. The van der Waals surface area contributed by atoms with Gasteiger partial charge in [0.25, 0.3) is 5.91 Å². The Morgan fingerprint density at radius 2 is 2.08 bits per heavy atom. The van der Waals surface area contributed by atoms with Gasteiger partial charge < -0.3 is 15.0 Å². The van der Waals surface area contributed by atoms with Gasteiger partial charge in [-0.15, -0.1) is 36.2 Å². The van der Waals surface area contributed by atoms with Crippen LogP contribution in [-0.4, -0.2) is 42.0 Å². The molecule has 26 heavy (non-hydrogen) atoms. The molecule has 2 heterocycles. The molecule has 1 amide bonds. The van der Waals surface area contributed by atoms with Crippen LogP contribution in [0.25, 0.3) is 0 Å². The van der Waals surface area contributed by atoms with E-state index in [9.17, 15) is 4.79 Å². The highest BCUT2D eigenvalue weighted by Gasteiger charge is 2.26. The zero-order chi connectivity index (χ0) is 17.1. The minimum atomic E-state index is 0. The van der Waals surface area contributed by atoms with E-state index in [1.54, 1.807) is 12.1 Å². The standard InChI is InChI=1S/C17H20ClN3O2S.2ClH/c1-11-16(17(22)21(2)13-7-8-19-9-13)24-15(20-11)10-23-14-5-3-12(18)4-6-14;;/h3-6,13,19H,7-10H2,1-2H3;2*1H. The van der Waals surface area contributed by atoms with Crippen molar-refractivity contribution >= 4 is 53.7 Å². The average molecular weight is 439 g/mol. The number of thiazole rings is 1. The van der Waals surface area contributed by atoms with Gasteiger partial charge in [0.05, 0.1) is 5.69 Å². The van der Waals surface area contributed by atoms with E-state index in [-0.39, 0.29) is 36.8 Å². The van der Waals surface area contributed by atoms with E-state index in [2.05, 4.69) is 10.3 Å². The Balaban J connectivity index is 0.00000169. The van der Waals surface area contributed by atoms with Crippen LogP contribution < -0.4 is 10.1 Å². The summed E-state index contributed by atoms with van der Waals surface area (Å²) < 4.78 is 5.71. The summed E-state index contributed by atoms with van der Waals surface area (Å²) in [4.78, 5) is 19.7. The highest BCUT2D eigenvalue weighted by molar-refractivity contribution is 7.13. The van der Waals surface area contributed by atoms with Crippen LogP contribution in [-0.2, 0) is 6.61 Å². The van der Waals surface area contributed by atoms with Crippen LogP contribution in [0.1, 0.15) is 26.8 Å². The van der Waals surface area contributed by atoms with E-state index >= 15 is 0 Å². The predicted octanol–water partition coefficient (Wildman–Crippen LogP) is 3.96. The third kappa shape index (κ3) is 5.47. The van der Waals surface area contributed by atoms with E-state index in [1.807, 2.05) is 31.0 Å². The van der Waals surface area contributed by atoms with E-state index < -0.39 is 0 Å². The molecular formula is C17H22Cl3N3O2S. The first-order valence-corrected chi connectivity index (χ1v) is 9.06. The second-order valence-electron chi connectivity index (χ2n) is 5.83. The van der Waals surface area contributed by atoms with Gasteiger partial charge in [-0.25, -0.2) is 4.98 Å². The van der Waals surface area contributed by atoms with Crippen molar-refractivity contribution in [3.8, 4) is 5.75 Å². The lowest BCUT2D eigenvalue weighted by atomic mass is 10.2. The van der Waals surface area contributed by atoms with Crippen molar-refractivity contribution in [3.05, 3.63) is 44.9 Å². The van der Waals surface area contributed by atoms with Gasteiger partial charge in [-0.05, 0) is 44.2 Å². The molecule has 3 rings (SSSR count). The summed E-state index contributed by atoms with van der Waals surface area (Å²) in [6.45, 7) is 4.03. The summed E-state index contributed by atoms with van der Waals surface area (Å²) in [7, 11) is 1.86. The van der Waals surface area contributed by atoms with Crippen molar-refractivity contribution in [3.63, 3.8) is 0 Å². The number of ether oxygens (including phenoxy) is 1. The first-order valence-electron chi connectivity index (χ1n) is 7.87. The van der Waals surface area contributed by atoms with Crippen LogP contribution >= 0.6 is 47.8 Å². The molecule has 1 saturated heterocycles. The number of nitrogens with zero attached hydrogens (tertiary/aromatic N) is 2. The van der Waals surface area contributed by atoms with Crippen LogP contribution in [0.4, 0.5) is 0 Å². The molecule has 0 aliphatic carbocycles. The van der Waals surface area contributed by atoms with Gasteiger partial charge >= 0.3 is 0 Å². The SMILES string of the molecule is Cc1nc(COc2ccc(Cl)cc2)sc1C(=O)N(C)C1CCNC1.Cl.Cl. The molecule has 1 aromatic carbocycles. The Labute approximate surface area is 174 Å². The van der Waals surface area contributed by atoms with Crippen molar-refractivity contribution in [1.29, 1.82) is 0 Å². The fourth-order valence-corrected chi connectivity index (χ4v) is 3.77. The van der Waals surface area contributed by atoms with E-state index in [4.69, 9.17) is 16.3 Å². The first-order chi connectivity index (χ1) is 11.5. The Bertz CT molecular complexity index is 719. The molecule has 9 heteroatoms. The molecule has 0 radical (unpaired) electrons. The highest BCUT2D eigenvalue weighted by Crippen LogP contribution is 2.23. The largest absolute Gasteiger partial charge is 0.486 e. The molecule has 1 aromatic heterocycles. The number of likely N-dealkylation sites (N-methyl/N-ethyl adjacent to an activating group) is 1. The first kappa shape index (κ1) is 23.0. The summed E-state index contributed by atoms with van der Waals surface area (Å²) in [6.07, 6.45) is 0.993. The second kappa shape index (κ2) is 10.3. The summed E-state index contributed by atoms with van der Waals surface area (Å²) in [5.41, 5.74) is 0.762. The van der Waals surface area contributed by atoms with Crippen LogP contribution in [0.15, 0.2) is 24.3 Å². The fourth-order valence-electron chi connectivity index (χ4n) is 2.68. The minimum Gasteiger partial charge on any atom is -0.486 e. The summed E-state index contributed by atoms with van der Waals surface area (Å²) in [6, 6.07) is 7.45. The molecule has 1 atom stereocenters. The molecule has 0 saturated carbocycles. The number of nitrogens with one attached hydrogen (secondary N) is 1. The normalized spacial score (nSPS) is 15.7. The van der Waals surface area contributed by atoms with Gasteiger partial charge in [-0.3, -0.25) is 4.79 Å². The molecule has 1 aliphatic heterocycles. The molecule has 1 N–H and O–H groups in total. The van der Waals surface area contributed by atoms with Gasteiger partial charge in [0, 0.05) is 24.7 Å². The van der Waals surface area contributed by atoms with Gasteiger partial charge in [0.15, 0.2) is 0 Å². The maximum Gasteiger partial charge on any atom is 0.265 e. The van der Waals surface area contributed by atoms with E-state index in [0.717, 1.165) is 36.0 Å². The maximum atomic E-state index is 12.7. The van der Waals surface area contributed by atoms with Gasteiger partial charge in [-0.2, -0.15) is 0 Å². The smallest absolute Gasteiger partial charge is 0.265 e. The number of carbonyl (C=O) groups excluding carboxylic acids is 1. The molecule has 1 aliphatic rings. The number of carbonyl (C=O) groups is 1. The monoisotopic (exact) mass is 437 g/mol. The summed E-state index contributed by atoms with van der Waals surface area (Å²) >= 11 is 7.26. The van der Waals surface area contributed by atoms with Crippen LogP contribution in [0, 0.1) is 6.92 Å². The zero-order valence-electron chi connectivity index (χ0n) is 14.5. The Morgan fingerprint density at radius 1 is 1.38 bits per heavy atom. The molecule has 1 fully saturated rings. The quantitative estimate of drug-likeness (QED) is 0.767. The van der Waals surface area contributed by atoms with E-state index in [0.29, 0.717) is 16.5 Å². The van der Waals surface area contributed by atoms with Crippen molar-refractivity contribution in [1.82, 2.24) is 15.2 Å². The van der Waals surface area contributed by atoms with Gasteiger partial charge in [0.2, 0.25) is 0 Å². The van der Waals surface area contributed by atoms with Crippen LogP contribution in [0.2, 0.25) is 5.02 Å². The molecule has 0 spiro atoms. The fraction of sp³-hybridized carbons (Fsp3) is 0.412. The number of hydrogen-bond acceptors (Lipinski definition) is 5. The van der Waals surface area contributed by atoms with Crippen molar-refractivity contribution in [2.75, 3.05) is 20.1 Å². The number of benzene rings is 1. The maximum absolute atomic E-state index is 12.7. The number of aromatic nitrogens is 1. The van der Waals surface area contributed by atoms with Crippen LogP contribution in [0.3, 0.4) is 0 Å². The second-order valence-corrected chi connectivity index (χ2v) is 7.35. The van der Waals surface area contributed by atoms with Crippen molar-refractivity contribution in [2.24, 2.45) is 0 Å².